The molecule has 1 fully saturated rings. The summed E-state index contributed by atoms with van der Waals surface area (Å²) >= 11 is 0. The lowest BCUT2D eigenvalue weighted by Crippen LogP contribution is -2.09. The van der Waals surface area contributed by atoms with Crippen LogP contribution < -0.4 is 0 Å². The second-order valence-corrected chi connectivity index (χ2v) is 5.84. The first-order valence-electron chi connectivity index (χ1n) is 8.00. The average Bonchev–Trinajstić information content (AvgIpc) is 3.21. The summed E-state index contributed by atoms with van der Waals surface area (Å²) in [5.41, 5.74) is 2.01. The first-order valence-corrected chi connectivity index (χ1v) is 8.00. The van der Waals surface area contributed by atoms with Crippen molar-refractivity contribution in [2.75, 3.05) is 6.61 Å². The fourth-order valence-corrected chi connectivity index (χ4v) is 3.38. The molecule has 0 aromatic heterocycles. The van der Waals surface area contributed by atoms with E-state index in [4.69, 9.17) is 4.74 Å². The lowest BCUT2D eigenvalue weighted by atomic mass is 9.95. The molecule has 1 aromatic carbocycles. The minimum absolute atomic E-state index is 0.0436. The number of carbonyl (C=O) groups is 2. The molecule has 1 aromatic rings. The third-order valence-corrected chi connectivity index (χ3v) is 4.59. The van der Waals surface area contributed by atoms with Crippen LogP contribution in [0.4, 0.5) is 0 Å². The highest BCUT2D eigenvalue weighted by atomic mass is 16.5. The van der Waals surface area contributed by atoms with Crippen LogP contribution in [0.15, 0.2) is 12.1 Å². The molecular formula is C18H24O4. The number of phenols is 1. The molecule has 4 nitrogen and oxygen atoms in total. The van der Waals surface area contributed by atoms with E-state index in [1.165, 1.54) is 0 Å². The summed E-state index contributed by atoms with van der Waals surface area (Å²) < 4.78 is 5.14. The molecule has 4 heteroatoms. The molecule has 0 spiro atoms. The maximum absolute atomic E-state index is 12.1. The monoisotopic (exact) mass is 304 g/mol. The lowest BCUT2D eigenvalue weighted by molar-refractivity contribution is -0.145. The minimum atomic E-state index is -0.207. The molecule has 2 rings (SSSR count). The largest absolute Gasteiger partial charge is 0.507 e. The van der Waals surface area contributed by atoms with Crippen molar-refractivity contribution in [3.63, 3.8) is 0 Å². The van der Waals surface area contributed by atoms with Gasteiger partial charge in [-0.3, -0.25) is 9.59 Å². The Balaban J connectivity index is 2.40. The van der Waals surface area contributed by atoms with Crippen LogP contribution in [-0.4, -0.2) is 23.5 Å². The Morgan fingerprint density at radius 3 is 2.45 bits per heavy atom. The number of aromatic hydroxyl groups is 1. The van der Waals surface area contributed by atoms with Crippen LogP contribution in [0.5, 0.6) is 5.75 Å². The van der Waals surface area contributed by atoms with Gasteiger partial charge in [0, 0.05) is 17.9 Å². The summed E-state index contributed by atoms with van der Waals surface area (Å²) in [6.45, 7) is 7.86. The van der Waals surface area contributed by atoms with Crippen molar-refractivity contribution in [3.05, 3.63) is 28.8 Å². The summed E-state index contributed by atoms with van der Waals surface area (Å²) in [5, 5.41) is 10.6. The van der Waals surface area contributed by atoms with Gasteiger partial charge in [0.1, 0.15) is 5.75 Å². The number of esters is 1. The van der Waals surface area contributed by atoms with Gasteiger partial charge in [0.05, 0.1) is 18.1 Å². The van der Waals surface area contributed by atoms with Crippen molar-refractivity contribution < 1.29 is 19.4 Å². The molecule has 0 saturated heterocycles. The smallest absolute Gasteiger partial charge is 0.309 e. The maximum Gasteiger partial charge on any atom is 0.309 e. The van der Waals surface area contributed by atoms with Gasteiger partial charge in [0.2, 0.25) is 0 Å². The topological polar surface area (TPSA) is 63.6 Å². The van der Waals surface area contributed by atoms with Crippen LogP contribution in [0.1, 0.15) is 61.0 Å². The van der Waals surface area contributed by atoms with E-state index in [2.05, 4.69) is 0 Å². The molecular weight excluding hydrogens is 280 g/mol. The standard InChI is InChI=1S/C18H24O4/c1-5-11-15(16(11)18(21)22-7-3)14-10(4)8-9-12(17(14)20)13(19)6-2/h8-9,11,15-16,20H,5-7H2,1-4H3/t11-,15-,16?/m1/s1. The SMILES string of the molecule is CCOC(=O)C1[C@@H](c2c(C)ccc(C(=O)CC)c2O)[C@H]1CC. The van der Waals surface area contributed by atoms with E-state index in [-0.39, 0.29) is 35.3 Å². The number of aryl methyl sites for hydroxylation is 1. The van der Waals surface area contributed by atoms with E-state index >= 15 is 0 Å². The van der Waals surface area contributed by atoms with Crippen LogP contribution in [0.3, 0.4) is 0 Å². The van der Waals surface area contributed by atoms with Crippen LogP contribution in [-0.2, 0) is 9.53 Å². The predicted octanol–water partition coefficient (Wildman–Crippen LogP) is 3.60. The zero-order valence-electron chi connectivity index (χ0n) is 13.7. The quantitative estimate of drug-likeness (QED) is 0.644. The molecule has 0 aliphatic heterocycles. The summed E-state index contributed by atoms with van der Waals surface area (Å²) in [5.74, 6) is -0.321. The number of Topliss-reactive ketones (excluding diaryl/α,β-unsaturated/α-hetero) is 1. The zero-order chi connectivity index (χ0) is 16.4. The molecule has 0 heterocycles. The maximum atomic E-state index is 12.1. The number of hydrogen-bond donors (Lipinski definition) is 1. The molecule has 1 N–H and O–H groups in total. The first-order chi connectivity index (χ1) is 10.5. The van der Waals surface area contributed by atoms with E-state index in [0.717, 1.165) is 17.5 Å². The number of benzene rings is 1. The molecule has 3 atom stereocenters. The zero-order valence-corrected chi connectivity index (χ0v) is 13.7. The molecule has 120 valence electrons. The van der Waals surface area contributed by atoms with Crippen molar-refractivity contribution in [3.8, 4) is 5.75 Å². The van der Waals surface area contributed by atoms with Crippen LogP contribution in [0, 0.1) is 18.8 Å². The Morgan fingerprint density at radius 2 is 1.91 bits per heavy atom. The minimum Gasteiger partial charge on any atom is -0.507 e. The van der Waals surface area contributed by atoms with Crippen molar-refractivity contribution in [1.82, 2.24) is 0 Å². The number of carbonyl (C=O) groups excluding carboxylic acids is 2. The number of hydrogen-bond acceptors (Lipinski definition) is 4. The highest BCUT2D eigenvalue weighted by Gasteiger charge is 2.56. The van der Waals surface area contributed by atoms with Gasteiger partial charge < -0.3 is 9.84 Å². The lowest BCUT2D eigenvalue weighted by Gasteiger charge is -2.12. The summed E-state index contributed by atoms with van der Waals surface area (Å²) in [6.07, 6.45) is 1.19. The number of rotatable bonds is 6. The van der Waals surface area contributed by atoms with Crippen molar-refractivity contribution >= 4 is 11.8 Å². The Labute approximate surface area is 131 Å². The van der Waals surface area contributed by atoms with Crippen LogP contribution in [0.25, 0.3) is 0 Å². The van der Waals surface area contributed by atoms with Gasteiger partial charge in [-0.2, -0.15) is 0 Å². The summed E-state index contributed by atoms with van der Waals surface area (Å²) in [7, 11) is 0. The molecule has 1 unspecified atom stereocenters. The molecule has 22 heavy (non-hydrogen) atoms. The Hall–Kier alpha value is -1.84. The Kier molecular flexibility index (Phi) is 4.89. The molecule has 0 bridgehead atoms. The van der Waals surface area contributed by atoms with E-state index in [9.17, 15) is 14.7 Å². The van der Waals surface area contributed by atoms with Crippen LogP contribution in [0.2, 0.25) is 0 Å². The molecule has 1 saturated carbocycles. The van der Waals surface area contributed by atoms with E-state index in [1.807, 2.05) is 19.9 Å². The van der Waals surface area contributed by atoms with Crippen LogP contribution >= 0.6 is 0 Å². The summed E-state index contributed by atoms with van der Waals surface area (Å²) in [4.78, 5) is 24.0. The normalized spacial score (nSPS) is 23.2. The van der Waals surface area contributed by atoms with Gasteiger partial charge in [-0.15, -0.1) is 0 Å². The fourth-order valence-electron chi connectivity index (χ4n) is 3.38. The predicted molar refractivity (Wildman–Crippen MR) is 84.1 cm³/mol. The molecule has 0 amide bonds. The summed E-state index contributed by atoms with van der Waals surface area (Å²) in [6, 6.07) is 3.52. The highest BCUT2D eigenvalue weighted by Crippen LogP contribution is 2.59. The van der Waals surface area contributed by atoms with Gasteiger partial charge >= 0.3 is 5.97 Å². The molecule has 1 aliphatic rings. The van der Waals surface area contributed by atoms with E-state index in [0.29, 0.717) is 18.6 Å². The molecule has 1 aliphatic carbocycles. The Morgan fingerprint density at radius 1 is 1.23 bits per heavy atom. The van der Waals surface area contributed by atoms with Crippen molar-refractivity contribution in [1.29, 1.82) is 0 Å². The van der Waals surface area contributed by atoms with Gasteiger partial charge in [0.15, 0.2) is 5.78 Å². The molecule has 0 radical (unpaired) electrons. The second kappa shape index (κ2) is 6.51. The fraction of sp³-hybridized carbons (Fsp3) is 0.556. The third kappa shape index (κ3) is 2.74. The number of ketones is 1. The van der Waals surface area contributed by atoms with Gasteiger partial charge in [-0.25, -0.2) is 0 Å². The van der Waals surface area contributed by atoms with E-state index in [1.54, 1.807) is 19.9 Å². The van der Waals surface area contributed by atoms with Gasteiger partial charge in [-0.1, -0.05) is 26.3 Å². The first kappa shape index (κ1) is 16.5. The second-order valence-electron chi connectivity index (χ2n) is 5.84. The van der Waals surface area contributed by atoms with E-state index < -0.39 is 0 Å². The average molecular weight is 304 g/mol. The van der Waals surface area contributed by atoms with Gasteiger partial charge in [0.25, 0.3) is 0 Å². The third-order valence-electron chi connectivity index (χ3n) is 4.59. The van der Waals surface area contributed by atoms with Crippen molar-refractivity contribution in [2.24, 2.45) is 11.8 Å². The van der Waals surface area contributed by atoms with Gasteiger partial charge in [-0.05, 0) is 31.4 Å². The highest BCUT2D eigenvalue weighted by molar-refractivity contribution is 5.99. The number of phenolic OH excluding ortho intramolecular Hbond substituents is 1. The Bertz CT molecular complexity index is 591. The number of ether oxygens (including phenoxy) is 1. The van der Waals surface area contributed by atoms with Crippen molar-refractivity contribution in [2.45, 2.75) is 46.5 Å².